The molecule has 0 aromatic heterocycles. The van der Waals surface area contributed by atoms with Gasteiger partial charge in [-0.15, -0.1) is 0 Å². The third kappa shape index (κ3) is 4.06. The summed E-state index contributed by atoms with van der Waals surface area (Å²) in [7, 11) is 0. The molecule has 4 heterocycles. The van der Waals surface area contributed by atoms with E-state index >= 15 is 0 Å². The van der Waals surface area contributed by atoms with E-state index in [0.717, 1.165) is 32.1 Å². The predicted molar refractivity (Wildman–Crippen MR) is 172 cm³/mol. The summed E-state index contributed by atoms with van der Waals surface area (Å²) in [6.45, 7) is 12.1. The summed E-state index contributed by atoms with van der Waals surface area (Å²) in [5.74, 6) is -4.66. The Balaban J connectivity index is 1.37. The molecule has 2 spiro atoms. The highest BCUT2D eigenvalue weighted by molar-refractivity contribution is 5.89. The average Bonchev–Trinajstić information content (AvgIpc) is 3.72. The monoisotopic (exact) mass is 668 g/mol. The summed E-state index contributed by atoms with van der Waals surface area (Å²) >= 11 is 0. The molecule has 3 saturated carbocycles. The molecule has 4 saturated heterocycles. The number of esters is 1. The van der Waals surface area contributed by atoms with E-state index in [1.165, 1.54) is 0 Å². The summed E-state index contributed by atoms with van der Waals surface area (Å²) in [5.41, 5.74) is -4.59. The third-order valence-corrected chi connectivity index (χ3v) is 14.3. The number of epoxide rings is 1. The highest BCUT2D eigenvalue weighted by Gasteiger charge is 2.90. The van der Waals surface area contributed by atoms with Crippen LogP contribution in [0.25, 0.3) is 0 Å². The predicted octanol–water partition coefficient (Wildman–Crippen LogP) is 3.74. The zero-order chi connectivity index (χ0) is 34.0. The molecule has 7 aliphatic rings. The average molecular weight is 669 g/mol. The second kappa shape index (κ2) is 11.1. The first kappa shape index (κ1) is 33.3. The standard InChI is InChI=1S/C38H52O10/c1-20(2)34-17-25(18-44-32(41)24-14-10-8-11-15-24)37-28-30(34)46-38(47-34,48-37)26(40)16-12-7-6-9-13-21(3)27-22(4)23(5)36(43,29(27)37)33(42)35(19-39)31(28)45-35/h8,10-11,14-15,21-23,25-31,33,39-40,42-43H,1,6-7,9,12-13,16-19H2,2-5H3/t21?,22?,23-,25-,26+,27-,28+,29+,30+,31?,33+,34+,35-,36-,37+,38?/m0/s1. The molecular weight excluding hydrogens is 616 g/mol. The number of ether oxygens (including phenoxy) is 5. The first-order valence-electron chi connectivity index (χ1n) is 18.2. The molecule has 264 valence electrons. The van der Waals surface area contributed by atoms with Crippen LogP contribution >= 0.6 is 0 Å². The zero-order valence-electron chi connectivity index (χ0n) is 28.5. The van der Waals surface area contributed by atoms with E-state index in [0.29, 0.717) is 24.0 Å². The molecule has 3 aliphatic carbocycles. The molecule has 10 heteroatoms. The quantitative estimate of drug-likeness (QED) is 0.208. The molecule has 7 fully saturated rings. The van der Waals surface area contributed by atoms with E-state index in [1.54, 1.807) is 24.3 Å². The molecule has 16 atom stereocenters. The van der Waals surface area contributed by atoms with Gasteiger partial charge in [-0.2, -0.15) is 0 Å². The van der Waals surface area contributed by atoms with Crippen molar-refractivity contribution in [3.8, 4) is 0 Å². The summed E-state index contributed by atoms with van der Waals surface area (Å²) in [6.07, 6.45) is 1.28. The van der Waals surface area contributed by atoms with Crippen molar-refractivity contribution in [2.75, 3.05) is 13.2 Å². The van der Waals surface area contributed by atoms with Gasteiger partial charge in [-0.3, -0.25) is 0 Å². The van der Waals surface area contributed by atoms with Crippen molar-refractivity contribution in [1.29, 1.82) is 0 Å². The van der Waals surface area contributed by atoms with Crippen LogP contribution in [-0.2, 0) is 23.7 Å². The van der Waals surface area contributed by atoms with Crippen LogP contribution in [0.15, 0.2) is 42.5 Å². The van der Waals surface area contributed by atoms with Crippen LogP contribution < -0.4 is 0 Å². The van der Waals surface area contributed by atoms with E-state index in [1.807, 2.05) is 19.9 Å². The van der Waals surface area contributed by atoms with Gasteiger partial charge in [-0.25, -0.2) is 4.79 Å². The SMILES string of the molecule is C=C(C)[C@]12C[C@@H](COC(=O)c3ccccc3)[C@@]34OC5(O[C@@H]1[C@@H]3C1O[C@]1(CO)[C@@H](O)[C@@]1(O)[C@H]4[C@@H](C(C)CCCCCC[C@H]5O)C(C)[C@@H]1C)O2. The van der Waals surface area contributed by atoms with Gasteiger partial charge in [0, 0.05) is 17.8 Å². The first-order valence-corrected chi connectivity index (χ1v) is 18.2. The normalized spacial score (nSPS) is 53.5. The summed E-state index contributed by atoms with van der Waals surface area (Å²) < 4.78 is 33.8. The van der Waals surface area contributed by atoms with Gasteiger partial charge < -0.3 is 44.1 Å². The fraction of sp³-hybridized carbons (Fsp3) is 0.763. The third-order valence-electron chi connectivity index (χ3n) is 14.3. The Labute approximate surface area is 282 Å². The van der Waals surface area contributed by atoms with Crippen LogP contribution in [0.4, 0.5) is 0 Å². The number of hydrogen-bond acceptors (Lipinski definition) is 10. The Kier molecular flexibility index (Phi) is 7.66. The topological polar surface area (TPSA) is 147 Å². The number of rotatable bonds is 5. The summed E-state index contributed by atoms with van der Waals surface area (Å²) in [5, 5.41) is 48.8. The minimum absolute atomic E-state index is 0.0397. The van der Waals surface area contributed by atoms with Crippen molar-refractivity contribution in [2.24, 2.45) is 41.4 Å². The minimum Gasteiger partial charge on any atom is -0.462 e. The Hall–Kier alpha value is -1.89. The lowest BCUT2D eigenvalue weighted by atomic mass is 9.51. The molecule has 4 aliphatic heterocycles. The highest BCUT2D eigenvalue weighted by Crippen LogP contribution is 2.76. The van der Waals surface area contributed by atoms with Crippen molar-refractivity contribution in [3.05, 3.63) is 48.0 Å². The Morgan fingerprint density at radius 3 is 2.40 bits per heavy atom. The number of carbonyl (C=O) groups is 1. The van der Waals surface area contributed by atoms with Gasteiger partial charge in [0.1, 0.15) is 41.2 Å². The molecule has 0 amide bonds. The molecular formula is C38H52O10. The maximum atomic E-state index is 13.5. The van der Waals surface area contributed by atoms with Crippen molar-refractivity contribution >= 4 is 5.97 Å². The van der Waals surface area contributed by atoms with Gasteiger partial charge in [0.15, 0.2) is 0 Å². The van der Waals surface area contributed by atoms with Crippen LogP contribution in [0.2, 0.25) is 0 Å². The van der Waals surface area contributed by atoms with Gasteiger partial charge in [0.05, 0.1) is 24.4 Å². The Morgan fingerprint density at radius 2 is 1.71 bits per heavy atom. The van der Waals surface area contributed by atoms with Crippen molar-refractivity contribution in [2.45, 2.75) is 125 Å². The fourth-order valence-corrected chi connectivity index (χ4v) is 11.8. The van der Waals surface area contributed by atoms with E-state index in [4.69, 9.17) is 23.7 Å². The highest BCUT2D eigenvalue weighted by atomic mass is 16.9. The van der Waals surface area contributed by atoms with Gasteiger partial charge >= 0.3 is 11.9 Å². The second-order valence-electron chi connectivity index (χ2n) is 16.4. The molecule has 4 N–H and O–H groups in total. The Morgan fingerprint density at radius 1 is 1.00 bits per heavy atom. The van der Waals surface area contributed by atoms with Crippen LogP contribution in [0.5, 0.6) is 0 Å². The smallest absolute Gasteiger partial charge is 0.338 e. The second-order valence-corrected chi connectivity index (χ2v) is 16.4. The van der Waals surface area contributed by atoms with Gasteiger partial charge in [0.25, 0.3) is 0 Å². The van der Waals surface area contributed by atoms with E-state index in [-0.39, 0.29) is 24.4 Å². The van der Waals surface area contributed by atoms with Crippen LogP contribution in [0, 0.1) is 41.4 Å². The lowest BCUT2D eigenvalue weighted by molar-refractivity contribution is -0.459. The minimum atomic E-state index is -1.87. The van der Waals surface area contributed by atoms with Crippen molar-refractivity contribution in [3.63, 3.8) is 0 Å². The number of hydrogen-bond donors (Lipinski definition) is 4. The van der Waals surface area contributed by atoms with Crippen molar-refractivity contribution < 1.29 is 48.9 Å². The maximum absolute atomic E-state index is 13.5. The van der Waals surface area contributed by atoms with Crippen LogP contribution in [-0.4, -0.2) is 92.4 Å². The van der Waals surface area contributed by atoms with Crippen molar-refractivity contribution in [1.82, 2.24) is 0 Å². The molecule has 0 radical (unpaired) electrons. The molecule has 3 bridgehead atoms. The molecule has 1 aromatic carbocycles. The number of aliphatic hydroxyl groups excluding tert-OH is 3. The maximum Gasteiger partial charge on any atom is 0.338 e. The van der Waals surface area contributed by atoms with Gasteiger partial charge in [-0.1, -0.05) is 77.7 Å². The zero-order valence-corrected chi connectivity index (χ0v) is 28.5. The van der Waals surface area contributed by atoms with Gasteiger partial charge in [0.2, 0.25) is 0 Å². The molecule has 8 rings (SSSR count). The van der Waals surface area contributed by atoms with Crippen LogP contribution in [0.1, 0.15) is 83.0 Å². The van der Waals surface area contributed by atoms with E-state index < -0.39 is 89.0 Å². The molecule has 1 aromatic rings. The fourth-order valence-electron chi connectivity index (χ4n) is 11.8. The largest absolute Gasteiger partial charge is 0.462 e. The lowest BCUT2D eigenvalue weighted by Crippen LogP contribution is -2.75. The number of benzene rings is 1. The number of fused-ring (bicyclic) bond motifs is 1. The number of carbonyl (C=O) groups excluding carboxylic acids is 1. The lowest BCUT2D eigenvalue weighted by Gasteiger charge is -2.62. The van der Waals surface area contributed by atoms with E-state index in [9.17, 15) is 25.2 Å². The first-order chi connectivity index (χ1) is 22.8. The molecule has 10 nitrogen and oxygen atoms in total. The Bertz CT molecular complexity index is 1450. The summed E-state index contributed by atoms with van der Waals surface area (Å²) in [4.78, 5) is 13.5. The van der Waals surface area contributed by atoms with Crippen LogP contribution in [0.3, 0.4) is 0 Å². The molecule has 4 unspecified atom stereocenters. The molecule has 48 heavy (non-hydrogen) atoms. The summed E-state index contributed by atoms with van der Waals surface area (Å²) in [6, 6.07) is 8.83. The van der Waals surface area contributed by atoms with E-state index in [2.05, 4.69) is 20.4 Å². The van der Waals surface area contributed by atoms with Gasteiger partial charge in [-0.05, 0) is 61.1 Å². The number of aliphatic hydroxyl groups is 4.